The first kappa shape index (κ1) is 8.70. The van der Waals surface area contributed by atoms with E-state index in [1.54, 1.807) is 6.92 Å². The first-order valence-corrected chi connectivity index (χ1v) is 3.51. The molecule has 12 heavy (non-hydrogen) atoms. The van der Waals surface area contributed by atoms with Crippen molar-refractivity contribution in [2.24, 2.45) is 4.99 Å². The van der Waals surface area contributed by atoms with Crippen LogP contribution in [0.2, 0.25) is 0 Å². The van der Waals surface area contributed by atoms with Crippen LogP contribution < -0.4 is 0 Å². The van der Waals surface area contributed by atoms with E-state index in [9.17, 15) is 9.59 Å². The Morgan fingerprint density at radius 2 is 2.25 bits per heavy atom. The summed E-state index contributed by atoms with van der Waals surface area (Å²) in [6, 6.07) is 0. The van der Waals surface area contributed by atoms with Gasteiger partial charge in [-0.2, -0.15) is 0 Å². The molecule has 0 aromatic carbocycles. The lowest BCUT2D eigenvalue weighted by Gasteiger charge is -2.02. The van der Waals surface area contributed by atoms with Gasteiger partial charge in [-0.05, 0) is 6.92 Å². The molecule has 0 aromatic rings. The van der Waals surface area contributed by atoms with Gasteiger partial charge in [-0.1, -0.05) is 0 Å². The predicted octanol–water partition coefficient (Wildman–Crippen LogP) is 0.528. The Morgan fingerprint density at radius 3 is 2.67 bits per heavy atom. The molecule has 0 aliphatic carbocycles. The Labute approximate surface area is 69.4 Å². The fraction of sp³-hybridized carbons (Fsp3) is 0.571. The molecule has 2 atom stereocenters. The standard InChI is InChI=1S/C7H9NO4/c1-4-6(3-8-5(2)9)12-7(10)11-4/h3-4,6H,1-2H3. The third-order valence-corrected chi connectivity index (χ3v) is 1.38. The van der Waals surface area contributed by atoms with Crippen molar-refractivity contribution in [2.75, 3.05) is 0 Å². The maximum atomic E-state index is 10.5. The SMILES string of the molecule is CC(=O)N=CC1OC(=O)OC1C. The van der Waals surface area contributed by atoms with Gasteiger partial charge < -0.3 is 9.47 Å². The van der Waals surface area contributed by atoms with E-state index in [0.29, 0.717) is 0 Å². The molecule has 0 bridgehead atoms. The summed E-state index contributed by atoms with van der Waals surface area (Å²) in [5, 5.41) is 0. The number of aliphatic imine (C=N–C) groups is 1. The fourth-order valence-electron chi connectivity index (χ4n) is 0.784. The van der Waals surface area contributed by atoms with Gasteiger partial charge in [-0.3, -0.25) is 4.79 Å². The van der Waals surface area contributed by atoms with E-state index in [1.165, 1.54) is 13.1 Å². The summed E-state index contributed by atoms with van der Waals surface area (Å²) in [6.45, 7) is 2.99. The van der Waals surface area contributed by atoms with Crippen molar-refractivity contribution in [1.82, 2.24) is 0 Å². The third-order valence-electron chi connectivity index (χ3n) is 1.38. The zero-order valence-electron chi connectivity index (χ0n) is 6.81. The molecule has 1 amide bonds. The molecule has 5 heteroatoms. The van der Waals surface area contributed by atoms with Crippen LogP contribution in [0, 0.1) is 0 Å². The number of carbonyl (C=O) groups is 2. The molecule has 1 fully saturated rings. The van der Waals surface area contributed by atoms with Gasteiger partial charge in [0.25, 0.3) is 0 Å². The highest BCUT2D eigenvalue weighted by Gasteiger charge is 2.31. The quantitative estimate of drug-likeness (QED) is 0.426. The van der Waals surface area contributed by atoms with Gasteiger partial charge >= 0.3 is 6.16 Å². The molecule has 2 unspecified atom stereocenters. The molecule has 66 valence electrons. The molecule has 5 nitrogen and oxygen atoms in total. The highest BCUT2D eigenvalue weighted by molar-refractivity contribution is 5.85. The molecule has 1 rings (SSSR count). The highest BCUT2D eigenvalue weighted by atomic mass is 16.8. The Morgan fingerprint density at radius 1 is 1.58 bits per heavy atom. The van der Waals surface area contributed by atoms with Crippen molar-refractivity contribution in [3.05, 3.63) is 0 Å². The fourth-order valence-corrected chi connectivity index (χ4v) is 0.784. The van der Waals surface area contributed by atoms with Crippen LogP contribution in [0.1, 0.15) is 13.8 Å². The van der Waals surface area contributed by atoms with Gasteiger partial charge in [0.2, 0.25) is 5.91 Å². The second kappa shape index (κ2) is 3.34. The average Bonchev–Trinajstić information content (AvgIpc) is 2.26. The van der Waals surface area contributed by atoms with Crippen molar-refractivity contribution >= 4 is 18.3 Å². The molecule has 1 saturated heterocycles. The van der Waals surface area contributed by atoms with Crippen molar-refractivity contribution in [2.45, 2.75) is 26.1 Å². The maximum Gasteiger partial charge on any atom is 0.509 e. The van der Waals surface area contributed by atoms with Crippen LogP contribution in [0.4, 0.5) is 4.79 Å². The Bertz CT molecular complexity index is 236. The van der Waals surface area contributed by atoms with Gasteiger partial charge in [-0.25, -0.2) is 9.79 Å². The van der Waals surface area contributed by atoms with Crippen molar-refractivity contribution in [3.8, 4) is 0 Å². The van der Waals surface area contributed by atoms with Crippen molar-refractivity contribution in [3.63, 3.8) is 0 Å². The lowest BCUT2D eigenvalue weighted by molar-refractivity contribution is -0.115. The molecule has 0 aromatic heterocycles. The first-order valence-electron chi connectivity index (χ1n) is 3.51. The smallest absolute Gasteiger partial charge is 0.427 e. The second-order valence-electron chi connectivity index (χ2n) is 2.45. The zero-order chi connectivity index (χ0) is 9.14. The predicted molar refractivity (Wildman–Crippen MR) is 40.0 cm³/mol. The number of carbonyl (C=O) groups excluding carboxylic acids is 2. The van der Waals surface area contributed by atoms with Gasteiger partial charge in [0, 0.05) is 6.92 Å². The normalized spacial score (nSPS) is 28.7. The number of hydrogen-bond donors (Lipinski definition) is 0. The minimum atomic E-state index is -0.720. The van der Waals surface area contributed by atoms with Crippen LogP contribution in [-0.2, 0) is 14.3 Å². The van der Waals surface area contributed by atoms with Crippen LogP contribution in [0.5, 0.6) is 0 Å². The van der Waals surface area contributed by atoms with Crippen LogP contribution in [-0.4, -0.2) is 30.5 Å². The highest BCUT2D eigenvalue weighted by Crippen LogP contribution is 2.12. The van der Waals surface area contributed by atoms with E-state index in [4.69, 9.17) is 0 Å². The lowest BCUT2D eigenvalue weighted by atomic mass is 10.2. The van der Waals surface area contributed by atoms with E-state index in [2.05, 4.69) is 14.5 Å². The third kappa shape index (κ3) is 2.05. The molecule has 0 radical (unpaired) electrons. The number of cyclic esters (lactones) is 2. The minimum Gasteiger partial charge on any atom is -0.427 e. The summed E-state index contributed by atoms with van der Waals surface area (Å²) in [6.07, 6.45) is -0.359. The van der Waals surface area contributed by atoms with Gasteiger partial charge in [0.1, 0.15) is 6.10 Å². The molecule has 1 aliphatic heterocycles. The minimum absolute atomic E-state index is 0.329. The second-order valence-corrected chi connectivity index (χ2v) is 2.45. The van der Waals surface area contributed by atoms with Gasteiger partial charge in [-0.15, -0.1) is 0 Å². The van der Waals surface area contributed by atoms with E-state index in [1.807, 2.05) is 0 Å². The summed E-state index contributed by atoms with van der Waals surface area (Å²) in [7, 11) is 0. The number of rotatable bonds is 1. The molecule has 1 aliphatic rings. The lowest BCUT2D eigenvalue weighted by Crippen LogP contribution is -2.20. The summed E-state index contributed by atoms with van der Waals surface area (Å²) in [5.74, 6) is -0.329. The van der Waals surface area contributed by atoms with Crippen LogP contribution in [0.15, 0.2) is 4.99 Å². The average molecular weight is 171 g/mol. The monoisotopic (exact) mass is 171 g/mol. The molecule has 0 spiro atoms. The maximum absolute atomic E-state index is 10.5. The van der Waals surface area contributed by atoms with E-state index >= 15 is 0 Å². The largest absolute Gasteiger partial charge is 0.509 e. The molecular formula is C7H9NO4. The zero-order valence-corrected chi connectivity index (χ0v) is 6.81. The summed E-state index contributed by atoms with van der Waals surface area (Å²) < 4.78 is 9.30. The van der Waals surface area contributed by atoms with E-state index < -0.39 is 12.3 Å². The molecular weight excluding hydrogens is 162 g/mol. The van der Waals surface area contributed by atoms with Crippen LogP contribution >= 0.6 is 0 Å². The van der Waals surface area contributed by atoms with Crippen molar-refractivity contribution < 1.29 is 19.1 Å². The van der Waals surface area contributed by atoms with E-state index in [-0.39, 0.29) is 12.0 Å². The van der Waals surface area contributed by atoms with Gasteiger partial charge in [0.15, 0.2) is 6.10 Å². The van der Waals surface area contributed by atoms with Gasteiger partial charge in [0.05, 0.1) is 6.21 Å². The Kier molecular flexibility index (Phi) is 2.42. The van der Waals surface area contributed by atoms with Crippen LogP contribution in [0.3, 0.4) is 0 Å². The topological polar surface area (TPSA) is 65.0 Å². The Balaban J connectivity index is 2.53. The number of hydrogen-bond acceptors (Lipinski definition) is 4. The number of amides is 1. The van der Waals surface area contributed by atoms with E-state index in [0.717, 1.165) is 0 Å². The number of ether oxygens (including phenoxy) is 2. The van der Waals surface area contributed by atoms with Crippen molar-refractivity contribution in [1.29, 1.82) is 0 Å². The summed E-state index contributed by atoms with van der Waals surface area (Å²) >= 11 is 0. The Hall–Kier alpha value is -1.39. The number of nitrogens with zero attached hydrogens (tertiary/aromatic N) is 1. The first-order chi connectivity index (χ1) is 5.59. The molecule has 0 saturated carbocycles. The summed E-state index contributed by atoms with van der Waals surface area (Å²) in [5.41, 5.74) is 0. The molecule has 0 N–H and O–H groups in total. The summed E-state index contributed by atoms with van der Waals surface area (Å²) in [4.78, 5) is 24.4. The molecule has 1 heterocycles. The van der Waals surface area contributed by atoms with Crippen LogP contribution in [0.25, 0.3) is 0 Å².